The van der Waals surface area contributed by atoms with Gasteiger partial charge in [-0.1, -0.05) is 0 Å². The van der Waals surface area contributed by atoms with Crippen LogP contribution in [0.5, 0.6) is 0 Å². The van der Waals surface area contributed by atoms with Gasteiger partial charge in [-0.3, -0.25) is 9.59 Å². The third kappa shape index (κ3) is 1.95. The van der Waals surface area contributed by atoms with E-state index in [4.69, 9.17) is 5.11 Å². The van der Waals surface area contributed by atoms with Crippen LogP contribution in [-0.2, 0) is 0 Å². The van der Waals surface area contributed by atoms with Crippen LogP contribution in [0.4, 0.5) is 10.2 Å². The number of carboxylic acid groups (broad SMARTS) is 1. The van der Waals surface area contributed by atoms with Crippen molar-refractivity contribution in [3.8, 4) is 0 Å². The molecule has 21 heavy (non-hydrogen) atoms. The van der Waals surface area contributed by atoms with E-state index in [2.05, 4.69) is 4.98 Å². The Hall–Kier alpha value is -3.09. The predicted octanol–water partition coefficient (Wildman–Crippen LogP) is 1.72. The number of aromatic carboxylic acids is 1. The Kier molecular flexibility index (Phi) is 2.76. The number of nitrogens with zero attached hydrogens (tertiary/aromatic N) is 2. The number of benzene rings is 1. The van der Waals surface area contributed by atoms with Crippen molar-refractivity contribution in [3.63, 3.8) is 0 Å². The highest BCUT2D eigenvalue weighted by Crippen LogP contribution is 2.27. The van der Waals surface area contributed by atoms with E-state index in [1.54, 1.807) is 0 Å². The Morgan fingerprint density at radius 3 is 2.43 bits per heavy atom. The van der Waals surface area contributed by atoms with Gasteiger partial charge in [0.05, 0.1) is 16.7 Å². The van der Waals surface area contributed by atoms with Crippen molar-refractivity contribution in [3.05, 3.63) is 59.0 Å². The highest BCUT2D eigenvalue weighted by molar-refractivity contribution is 6.34. The number of pyridine rings is 1. The lowest BCUT2D eigenvalue weighted by Gasteiger charge is -2.12. The van der Waals surface area contributed by atoms with Crippen LogP contribution in [0, 0.1) is 5.82 Å². The zero-order valence-electron chi connectivity index (χ0n) is 10.4. The molecule has 3 rings (SSSR count). The van der Waals surface area contributed by atoms with E-state index in [9.17, 15) is 18.8 Å². The molecule has 1 aromatic carbocycles. The number of amides is 2. The minimum Gasteiger partial charge on any atom is -0.478 e. The van der Waals surface area contributed by atoms with Crippen LogP contribution in [0.3, 0.4) is 0 Å². The van der Waals surface area contributed by atoms with Crippen LogP contribution >= 0.6 is 0 Å². The predicted molar refractivity (Wildman–Crippen MR) is 68.7 cm³/mol. The summed E-state index contributed by atoms with van der Waals surface area (Å²) in [5, 5.41) is 8.79. The maximum atomic E-state index is 13.2. The number of hydrogen-bond donors (Lipinski definition) is 1. The van der Waals surface area contributed by atoms with Crippen molar-refractivity contribution in [1.29, 1.82) is 0 Å². The smallest absolute Gasteiger partial charge is 0.337 e. The van der Waals surface area contributed by atoms with E-state index in [-0.39, 0.29) is 22.5 Å². The second-order valence-electron chi connectivity index (χ2n) is 4.35. The topological polar surface area (TPSA) is 87.6 Å². The fraction of sp³-hybridized carbons (Fsp3) is 0. The molecule has 104 valence electrons. The van der Waals surface area contributed by atoms with Crippen molar-refractivity contribution in [1.82, 2.24) is 4.98 Å². The van der Waals surface area contributed by atoms with Crippen molar-refractivity contribution in [2.24, 2.45) is 0 Å². The number of halogens is 1. The number of aromatic nitrogens is 1. The number of carbonyl (C=O) groups is 3. The summed E-state index contributed by atoms with van der Waals surface area (Å²) in [5.74, 6) is -3.10. The lowest BCUT2D eigenvalue weighted by molar-refractivity contribution is 0.0696. The Morgan fingerprint density at radius 1 is 1.10 bits per heavy atom. The van der Waals surface area contributed by atoms with Crippen LogP contribution in [0.2, 0.25) is 0 Å². The van der Waals surface area contributed by atoms with Crippen LogP contribution in [0.15, 0.2) is 36.5 Å². The van der Waals surface area contributed by atoms with Crippen LogP contribution in [0.1, 0.15) is 31.1 Å². The molecule has 0 radical (unpaired) electrons. The maximum Gasteiger partial charge on any atom is 0.337 e. The number of fused-ring (bicyclic) bond motifs is 1. The Morgan fingerprint density at radius 2 is 1.81 bits per heavy atom. The molecule has 2 amide bonds. The molecule has 0 bridgehead atoms. The molecule has 1 aromatic heterocycles. The van der Waals surface area contributed by atoms with Crippen LogP contribution in [-0.4, -0.2) is 27.9 Å². The SMILES string of the molecule is O=C(O)c1ccc(N2C(=O)c3ccc(F)cc3C2=O)nc1. The first-order chi connectivity index (χ1) is 9.99. The minimum atomic E-state index is -1.17. The maximum absolute atomic E-state index is 13.2. The monoisotopic (exact) mass is 286 g/mol. The fourth-order valence-corrected chi connectivity index (χ4v) is 2.07. The van der Waals surface area contributed by atoms with E-state index in [0.717, 1.165) is 23.2 Å². The first kappa shape index (κ1) is 12.9. The molecule has 0 aliphatic carbocycles. The molecule has 0 saturated heterocycles. The lowest BCUT2D eigenvalue weighted by atomic mass is 10.1. The number of carboxylic acids is 1. The van der Waals surface area contributed by atoms with Crippen LogP contribution < -0.4 is 4.90 Å². The van der Waals surface area contributed by atoms with Gasteiger partial charge in [0.15, 0.2) is 0 Å². The highest BCUT2D eigenvalue weighted by atomic mass is 19.1. The summed E-state index contributed by atoms with van der Waals surface area (Å²) in [6.45, 7) is 0. The molecule has 1 aliphatic heterocycles. The van der Waals surface area contributed by atoms with Gasteiger partial charge in [-0.05, 0) is 30.3 Å². The molecule has 1 N–H and O–H groups in total. The van der Waals surface area contributed by atoms with Crippen LogP contribution in [0.25, 0.3) is 0 Å². The molecule has 0 fully saturated rings. The average molecular weight is 286 g/mol. The molecule has 0 saturated carbocycles. The van der Waals surface area contributed by atoms with E-state index in [0.29, 0.717) is 0 Å². The van der Waals surface area contributed by atoms with E-state index in [1.165, 1.54) is 18.2 Å². The van der Waals surface area contributed by atoms with Gasteiger partial charge in [0.1, 0.15) is 11.6 Å². The molecular weight excluding hydrogens is 279 g/mol. The molecule has 2 aromatic rings. The van der Waals surface area contributed by atoms with Crippen molar-refractivity contribution < 1.29 is 23.9 Å². The Labute approximate surface area is 117 Å². The van der Waals surface area contributed by atoms with Crippen molar-refractivity contribution in [2.75, 3.05) is 4.90 Å². The summed E-state index contributed by atoms with van der Waals surface area (Å²) in [7, 11) is 0. The van der Waals surface area contributed by atoms with Gasteiger partial charge in [0.25, 0.3) is 11.8 Å². The normalized spacial score (nSPS) is 13.5. The summed E-state index contributed by atoms with van der Waals surface area (Å²) in [4.78, 5) is 39.7. The minimum absolute atomic E-state index is 0.00777. The summed E-state index contributed by atoms with van der Waals surface area (Å²) >= 11 is 0. The number of hydrogen-bond acceptors (Lipinski definition) is 4. The second-order valence-corrected chi connectivity index (χ2v) is 4.35. The first-order valence-corrected chi connectivity index (χ1v) is 5.86. The molecule has 1 aliphatic rings. The number of carbonyl (C=O) groups excluding carboxylic acids is 2. The van der Waals surface area contributed by atoms with Gasteiger partial charge in [-0.25, -0.2) is 19.1 Å². The van der Waals surface area contributed by atoms with Crippen molar-refractivity contribution in [2.45, 2.75) is 0 Å². The van der Waals surface area contributed by atoms with Gasteiger partial charge in [0, 0.05) is 6.20 Å². The third-order valence-electron chi connectivity index (χ3n) is 3.07. The summed E-state index contributed by atoms with van der Waals surface area (Å²) in [6, 6.07) is 5.79. The quantitative estimate of drug-likeness (QED) is 0.849. The molecule has 6 nitrogen and oxygen atoms in total. The molecule has 0 atom stereocenters. The van der Waals surface area contributed by atoms with Gasteiger partial charge in [-0.15, -0.1) is 0 Å². The van der Waals surface area contributed by atoms with E-state index < -0.39 is 23.6 Å². The summed E-state index contributed by atoms with van der Waals surface area (Å²) in [6.07, 6.45) is 1.04. The van der Waals surface area contributed by atoms with E-state index in [1.807, 2.05) is 0 Å². The number of anilines is 1. The van der Waals surface area contributed by atoms with Gasteiger partial charge >= 0.3 is 5.97 Å². The Bertz CT molecular complexity index is 786. The summed E-state index contributed by atoms with van der Waals surface area (Å²) < 4.78 is 13.2. The number of imide groups is 1. The first-order valence-electron chi connectivity index (χ1n) is 5.86. The molecule has 0 unspecified atom stereocenters. The standard InChI is InChI=1S/C14H7FN2O4/c15-8-2-3-9-10(5-8)13(19)17(12(9)18)11-4-1-7(6-16-11)14(20)21/h1-6H,(H,20,21). The number of rotatable bonds is 2. The Balaban J connectivity index is 2.03. The second kappa shape index (κ2) is 4.48. The molecule has 0 spiro atoms. The molecular formula is C14H7FN2O4. The fourth-order valence-electron chi connectivity index (χ4n) is 2.07. The molecule has 2 heterocycles. The van der Waals surface area contributed by atoms with Crippen molar-refractivity contribution >= 4 is 23.6 Å². The lowest BCUT2D eigenvalue weighted by Crippen LogP contribution is -2.30. The molecule has 7 heteroatoms. The van der Waals surface area contributed by atoms with Gasteiger partial charge in [-0.2, -0.15) is 0 Å². The average Bonchev–Trinajstić information content (AvgIpc) is 2.70. The van der Waals surface area contributed by atoms with E-state index >= 15 is 0 Å². The summed E-state index contributed by atoms with van der Waals surface area (Å²) in [5.41, 5.74) is -0.0176. The van der Waals surface area contributed by atoms with Gasteiger partial charge < -0.3 is 5.11 Å². The van der Waals surface area contributed by atoms with Gasteiger partial charge in [0.2, 0.25) is 0 Å². The zero-order chi connectivity index (χ0) is 15.1. The third-order valence-corrected chi connectivity index (χ3v) is 3.07. The highest BCUT2D eigenvalue weighted by Gasteiger charge is 2.37. The zero-order valence-corrected chi connectivity index (χ0v) is 10.4. The largest absolute Gasteiger partial charge is 0.478 e.